The maximum atomic E-state index is 10.7. The first kappa shape index (κ1) is 14.0. The molecular formula is C15H19N3O2. The van der Waals surface area contributed by atoms with Gasteiger partial charge in [-0.1, -0.05) is 0 Å². The molecule has 5 nitrogen and oxygen atoms in total. The molecule has 2 rings (SSSR count). The van der Waals surface area contributed by atoms with Gasteiger partial charge in [0.15, 0.2) is 0 Å². The van der Waals surface area contributed by atoms with Crippen LogP contribution in [0.3, 0.4) is 0 Å². The maximum Gasteiger partial charge on any atom is 0.316 e. The van der Waals surface area contributed by atoms with Crippen LogP contribution < -0.4 is 16.4 Å². The number of nitrogens with two attached hydrogens (primary N) is 1. The SMILES string of the molecule is Cc1cc(C(C)Nc2ccc(NC(N)=O)cc2)c(C)o1. The van der Waals surface area contributed by atoms with Crippen molar-refractivity contribution >= 4 is 17.4 Å². The molecular weight excluding hydrogens is 254 g/mol. The lowest BCUT2D eigenvalue weighted by Gasteiger charge is -2.15. The fourth-order valence-corrected chi connectivity index (χ4v) is 2.20. The number of hydrogen-bond acceptors (Lipinski definition) is 3. The lowest BCUT2D eigenvalue weighted by atomic mass is 10.1. The quantitative estimate of drug-likeness (QED) is 0.796. The lowest BCUT2D eigenvalue weighted by Crippen LogP contribution is -2.19. The van der Waals surface area contributed by atoms with E-state index in [1.54, 1.807) is 12.1 Å². The van der Waals surface area contributed by atoms with E-state index in [1.165, 1.54) is 0 Å². The van der Waals surface area contributed by atoms with Crippen molar-refractivity contribution < 1.29 is 9.21 Å². The van der Waals surface area contributed by atoms with Gasteiger partial charge in [0.2, 0.25) is 0 Å². The van der Waals surface area contributed by atoms with Crippen molar-refractivity contribution in [2.75, 3.05) is 10.6 Å². The smallest absolute Gasteiger partial charge is 0.316 e. The van der Waals surface area contributed by atoms with Gasteiger partial charge in [0, 0.05) is 16.9 Å². The van der Waals surface area contributed by atoms with Crippen molar-refractivity contribution in [3.63, 3.8) is 0 Å². The average molecular weight is 273 g/mol. The number of aryl methyl sites for hydroxylation is 2. The van der Waals surface area contributed by atoms with Crippen LogP contribution in [0, 0.1) is 13.8 Å². The summed E-state index contributed by atoms with van der Waals surface area (Å²) in [5.74, 6) is 1.83. The van der Waals surface area contributed by atoms with Gasteiger partial charge >= 0.3 is 6.03 Å². The molecule has 2 amide bonds. The molecule has 0 aliphatic heterocycles. The Labute approximate surface area is 118 Å². The molecule has 0 saturated carbocycles. The monoisotopic (exact) mass is 273 g/mol. The van der Waals surface area contributed by atoms with Gasteiger partial charge in [-0.05, 0) is 51.1 Å². The van der Waals surface area contributed by atoms with E-state index >= 15 is 0 Å². The Morgan fingerprint density at radius 2 is 1.80 bits per heavy atom. The summed E-state index contributed by atoms with van der Waals surface area (Å²) in [5.41, 5.74) is 7.84. The number of hydrogen-bond donors (Lipinski definition) is 3. The maximum absolute atomic E-state index is 10.7. The van der Waals surface area contributed by atoms with Crippen LogP contribution in [-0.4, -0.2) is 6.03 Å². The normalized spacial score (nSPS) is 11.9. The Morgan fingerprint density at radius 3 is 2.30 bits per heavy atom. The Bertz CT molecular complexity index is 602. The van der Waals surface area contributed by atoms with E-state index in [9.17, 15) is 4.79 Å². The van der Waals surface area contributed by atoms with Crippen LogP contribution in [-0.2, 0) is 0 Å². The molecule has 1 aromatic heterocycles. The molecule has 5 heteroatoms. The Kier molecular flexibility index (Phi) is 3.98. The standard InChI is InChI=1S/C15H19N3O2/c1-9-8-14(11(3)20-9)10(2)17-12-4-6-13(7-5-12)18-15(16)19/h4-8,10,17H,1-3H3,(H3,16,18,19). The highest BCUT2D eigenvalue weighted by Gasteiger charge is 2.12. The van der Waals surface area contributed by atoms with Crippen LogP contribution in [0.15, 0.2) is 34.7 Å². The molecule has 4 N–H and O–H groups in total. The number of anilines is 2. The molecule has 106 valence electrons. The summed E-state index contributed by atoms with van der Waals surface area (Å²) in [6, 6.07) is 9.00. The summed E-state index contributed by atoms with van der Waals surface area (Å²) >= 11 is 0. The highest BCUT2D eigenvalue weighted by molar-refractivity contribution is 5.87. The molecule has 0 bridgehead atoms. The third-order valence-electron chi connectivity index (χ3n) is 3.08. The van der Waals surface area contributed by atoms with Gasteiger partial charge in [0.05, 0.1) is 6.04 Å². The van der Waals surface area contributed by atoms with Gasteiger partial charge in [-0.25, -0.2) is 4.79 Å². The Hall–Kier alpha value is -2.43. The molecule has 1 unspecified atom stereocenters. The Balaban J connectivity index is 2.06. The van der Waals surface area contributed by atoms with Gasteiger partial charge in [-0.2, -0.15) is 0 Å². The minimum absolute atomic E-state index is 0.141. The number of nitrogens with one attached hydrogen (secondary N) is 2. The molecule has 20 heavy (non-hydrogen) atoms. The van der Waals surface area contributed by atoms with Gasteiger partial charge in [-0.3, -0.25) is 0 Å². The van der Waals surface area contributed by atoms with Gasteiger partial charge in [-0.15, -0.1) is 0 Å². The number of carbonyl (C=O) groups excluding carboxylic acids is 1. The number of benzene rings is 1. The molecule has 0 saturated heterocycles. The molecule has 1 atom stereocenters. The summed E-state index contributed by atoms with van der Waals surface area (Å²) < 4.78 is 5.53. The van der Waals surface area contributed by atoms with Gasteiger partial charge < -0.3 is 20.8 Å². The highest BCUT2D eigenvalue weighted by atomic mass is 16.3. The molecule has 0 spiro atoms. The van der Waals surface area contributed by atoms with E-state index < -0.39 is 6.03 Å². The second-order valence-corrected chi connectivity index (χ2v) is 4.80. The molecule has 0 aliphatic carbocycles. The molecule has 0 aliphatic rings. The highest BCUT2D eigenvalue weighted by Crippen LogP contribution is 2.25. The third-order valence-corrected chi connectivity index (χ3v) is 3.08. The minimum atomic E-state index is -0.566. The first-order valence-corrected chi connectivity index (χ1v) is 6.45. The van der Waals surface area contributed by atoms with Crippen LogP contribution in [0.4, 0.5) is 16.2 Å². The van der Waals surface area contributed by atoms with E-state index in [1.807, 2.05) is 32.0 Å². The van der Waals surface area contributed by atoms with E-state index in [0.29, 0.717) is 5.69 Å². The zero-order chi connectivity index (χ0) is 14.7. The van der Waals surface area contributed by atoms with Crippen LogP contribution in [0.5, 0.6) is 0 Å². The largest absolute Gasteiger partial charge is 0.466 e. The Morgan fingerprint density at radius 1 is 1.20 bits per heavy atom. The number of amides is 2. The summed E-state index contributed by atoms with van der Waals surface area (Å²) in [4.78, 5) is 10.7. The molecule has 1 heterocycles. The first-order valence-electron chi connectivity index (χ1n) is 6.45. The second-order valence-electron chi connectivity index (χ2n) is 4.80. The summed E-state index contributed by atoms with van der Waals surface area (Å²) in [6.07, 6.45) is 0. The van der Waals surface area contributed by atoms with Gasteiger partial charge in [0.1, 0.15) is 11.5 Å². The summed E-state index contributed by atoms with van der Waals surface area (Å²) in [5, 5.41) is 5.91. The molecule has 2 aromatic rings. The molecule has 0 radical (unpaired) electrons. The summed E-state index contributed by atoms with van der Waals surface area (Å²) in [7, 11) is 0. The van der Waals surface area contributed by atoms with Crippen LogP contribution in [0.1, 0.15) is 30.0 Å². The number of primary amides is 1. The first-order chi connectivity index (χ1) is 9.45. The van der Waals surface area contributed by atoms with Crippen molar-refractivity contribution in [2.45, 2.75) is 26.8 Å². The van der Waals surface area contributed by atoms with E-state index in [2.05, 4.69) is 17.6 Å². The fraction of sp³-hybridized carbons (Fsp3) is 0.267. The second kappa shape index (κ2) is 5.69. The third kappa shape index (κ3) is 3.32. The fourth-order valence-electron chi connectivity index (χ4n) is 2.20. The average Bonchev–Trinajstić information content (AvgIpc) is 2.70. The predicted molar refractivity (Wildman–Crippen MR) is 79.9 cm³/mol. The van der Waals surface area contributed by atoms with E-state index in [-0.39, 0.29) is 6.04 Å². The number of urea groups is 1. The van der Waals surface area contributed by atoms with E-state index in [0.717, 1.165) is 22.8 Å². The van der Waals surface area contributed by atoms with Crippen LogP contribution in [0.25, 0.3) is 0 Å². The van der Waals surface area contributed by atoms with Crippen LogP contribution in [0.2, 0.25) is 0 Å². The molecule has 1 aromatic carbocycles. The van der Waals surface area contributed by atoms with E-state index in [4.69, 9.17) is 10.2 Å². The van der Waals surface area contributed by atoms with Gasteiger partial charge in [0.25, 0.3) is 0 Å². The van der Waals surface area contributed by atoms with Crippen molar-refractivity contribution in [3.8, 4) is 0 Å². The van der Waals surface area contributed by atoms with Crippen molar-refractivity contribution in [2.24, 2.45) is 5.73 Å². The lowest BCUT2D eigenvalue weighted by molar-refractivity contribution is 0.259. The van der Waals surface area contributed by atoms with Crippen molar-refractivity contribution in [3.05, 3.63) is 47.4 Å². The number of rotatable bonds is 4. The summed E-state index contributed by atoms with van der Waals surface area (Å²) in [6.45, 7) is 5.97. The number of furan rings is 1. The predicted octanol–water partition coefficient (Wildman–Crippen LogP) is 3.56. The zero-order valence-electron chi connectivity index (χ0n) is 11.9. The number of carbonyl (C=O) groups is 1. The van der Waals surface area contributed by atoms with Crippen molar-refractivity contribution in [1.82, 2.24) is 0 Å². The minimum Gasteiger partial charge on any atom is -0.466 e. The molecule has 0 fully saturated rings. The van der Waals surface area contributed by atoms with Crippen molar-refractivity contribution in [1.29, 1.82) is 0 Å². The topological polar surface area (TPSA) is 80.3 Å². The van der Waals surface area contributed by atoms with Crippen LogP contribution >= 0.6 is 0 Å². The zero-order valence-corrected chi connectivity index (χ0v) is 11.9.